The standard InChI is InChI=1S/C20H22N2OS2/c1-14-18(23)22(16-8-6-5-7-9-16)19(24)25(14,21)17-12-10-15(11-13-17)20(2,3)4/h5-13H,1,21H2,2-4H3. The molecule has 25 heavy (non-hydrogen) atoms. The molecule has 1 saturated heterocycles. The molecule has 2 aromatic carbocycles. The smallest absolute Gasteiger partial charge is 0.270 e. The maximum atomic E-state index is 12.8. The van der Waals surface area contributed by atoms with Crippen LogP contribution in [0.2, 0.25) is 0 Å². The van der Waals surface area contributed by atoms with Gasteiger partial charge in [0.05, 0.1) is 10.6 Å². The van der Waals surface area contributed by atoms with Crippen LogP contribution in [0.5, 0.6) is 0 Å². The number of para-hydroxylation sites is 1. The lowest BCUT2D eigenvalue weighted by molar-refractivity contribution is -0.113. The zero-order chi connectivity index (χ0) is 18.4. The molecular weight excluding hydrogens is 348 g/mol. The molecule has 1 unspecified atom stereocenters. The molecule has 0 aliphatic carbocycles. The first-order valence-electron chi connectivity index (χ1n) is 8.01. The Morgan fingerprint density at radius 3 is 2.12 bits per heavy atom. The Labute approximate surface area is 156 Å². The van der Waals surface area contributed by atoms with Crippen LogP contribution in [0.25, 0.3) is 0 Å². The van der Waals surface area contributed by atoms with Crippen molar-refractivity contribution in [1.29, 1.82) is 0 Å². The summed E-state index contributed by atoms with van der Waals surface area (Å²) in [5.74, 6) is -0.214. The number of nitrogens with zero attached hydrogens (tertiary/aromatic N) is 1. The van der Waals surface area contributed by atoms with E-state index in [1.54, 1.807) is 0 Å². The predicted octanol–water partition coefficient (Wildman–Crippen LogP) is 4.87. The Kier molecular flexibility index (Phi) is 4.35. The number of nitrogens with two attached hydrogens (primary N) is 1. The fourth-order valence-electron chi connectivity index (χ4n) is 2.81. The molecule has 2 N–H and O–H groups in total. The van der Waals surface area contributed by atoms with Gasteiger partial charge in [0.25, 0.3) is 5.91 Å². The van der Waals surface area contributed by atoms with Gasteiger partial charge in [-0.1, -0.05) is 80.1 Å². The highest BCUT2D eigenvalue weighted by molar-refractivity contribution is 8.52. The highest BCUT2D eigenvalue weighted by atomic mass is 32.3. The van der Waals surface area contributed by atoms with Gasteiger partial charge in [-0.3, -0.25) is 14.8 Å². The van der Waals surface area contributed by atoms with E-state index < -0.39 is 10.2 Å². The molecule has 0 aromatic heterocycles. The van der Waals surface area contributed by atoms with Crippen LogP contribution < -0.4 is 10.0 Å². The van der Waals surface area contributed by atoms with Gasteiger partial charge in [-0.25, -0.2) is 0 Å². The van der Waals surface area contributed by atoms with Gasteiger partial charge in [-0.05, 0) is 35.2 Å². The molecule has 1 amide bonds. The average molecular weight is 371 g/mol. The fraction of sp³-hybridized carbons (Fsp3) is 0.200. The van der Waals surface area contributed by atoms with Gasteiger partial charge in [0.2, 0.25) is 0 Å². The summed E-state index contributed by atoms with van der Waals surface area (Å²) in [7, 11) is -2.24. The molecule has 1 aliphatic rings. The largest absolute Gasteiger partial charge is 0.281 e. The lowest BCUT2D eigenvalue weighted by Gasteiger charge is -2.32. The monoisotopic (exact) mass is 370 g/mol. The third-order valence-electron chi connectivity index (χ3n) is 4.39. The molecule has 5 heteroatoms. The van der Waals surface area contributed by atoms with Gasteiger partial charge >= 0.3 is 0 Å². The maximum Gasteiger partial charge on any atom is 0.270 e. The van der Waals surface area contributed by atoms with Crippen molar-refractivity contribution in [2.45, 2.75) is 31.1 Å². The molecule has 1 fully saturated rings. The zero-order valence-electron chi connectivity index (χ0n) is 14.7. The first-order valence-corrected chi connectivity index (χ1v) is 10.1. The number of hydrogen-bond donors (Lipinski definition) is 1. The van der Waals surface area contributed by atoms with Crippen LogP contribution in [0.15, 0.2) is 71.0 Å². The molecule has 3 nitrogen and oxygen atoms in total. The molecular formula is C20H22N2OS2. The quantitative estimate of drug-likeness (QED) is 0.606. The summed E-state index contributed by atoms with van der Waals surface area (Å²) in [5, 5.41) is 6.72. The van der Waals surface area contributed by atoms with Crippen molar-refractivity contribution in [3.05, 3.63) is 71.6 Å². The van der Waals surface area contributed by atoms with Gasteiger partial charge in [0.1, 0.15) is 0 Å². The molecule has 0 bridgehead atoms. The van der Waals surface area contributed by atoms with Crippen LogP contribution >= 0.6 is 22.4 Å². The average Bonchev–Trinajstić information content (AvgIpc) is 2.76. The van der Waals surface area contributed by atoms with Gasteiger partial charge in [0, 0.05) is 4.90 Å². The van der Waals surface area contributed by atoms with E-state index in [2.05, 4.69) is 39.5 Å². The second kappa shape index (κ2) is 6.09. The molecule has 2 aromatic rings. The number of anilines is 1. The van der Waals surface area contributed by atoms with Crippen LogP contribution in [0.3, 0.4) is 0 Å². The Morgan fingerprint density at radius 2 is 1.60 bits per heavy atom. The Morgan fingerprint density at radius 1 is 1.04 bits per heavy atom. The van der Waals surface area contributed by atoms with Crippen molar-refractivity contribution in [2.75, 3.05) is 4.90 Å². The molecule has 1 atom stereocenters. The van der Waals surface area contributed by atoms with Crippen LogP contribution in [0.4, 0.5) is 5.69 Å². The maximum absolute atomic E-state index is 12.8. The zero-order valence-corrected chi connectivity index (χ0v) is 16.3. The summed E-state index contributed by atoms with van der Waals surface area (Å²) in [6.45, 7) is 10.5. The van der Waals surface area contributed by atoms with E-state index in [4.69, 9.17) is 17.4 Å². The van der Waals surface area contributed by atoms with E-state index in [-0.39, 0.29) is 11.3 Å². The highest BCUT2D eigenvalue weighted by Crippen LogP contribution is 2.62. The predicted molar refractivity (Wildman–Crippen MR) is 111 cm³/mol. The number of hydrogen-bond acceptors (Lipinski definition) is 3. The fourth-order valence-corrected chi connectivity index (χ4v) is 5.69. The molecule has 1 aliphatic heterocycles. The van der Waals surface area contributed by atoms with Crippen LogP contribution in [-0.4, -0.2) is 10.2 Å². The summed E-state index contributed by atoms with van der Waals surface area (Å²) in [4.78, 5) is 15.6. The van der Waals surface area contributed by atoms with E-state index >= 15 is 0 Å². The van der Waals surface area contributed by atoms with Crippen molar-refractivity contribution in [3.8, 4) is 0 Å². The number of benzene rings is 2. The molecule has 130 valence electrons. The first-order chi connectivity index (χ1) is 11.7. The lowest BCUT2D eigenvalue weighted by Crippen LogP contribution is -2.29. The van der Waals surface area contributed by atoms with Crippen LogP contribution in [-0.2, 0) is 10.2 Å². The summed E-state index contributed by atoms with van der Waals surface area (Å²) < 4.78 is 0.442. The van der Waals surface area contributed by atoms with Crippen molar-refractivity contribution < 1.29 is 4.79 Å². The van der Waals surface area contributed by atoms with Gasteiger partial charge in [0.15, 0.2) is 4.32 Å². The van der Waals surface area contributed by atoms with Gasteiger partial charge < -0.3 is 0 Å². The minimum atomic E-state index is -2.24. The number of thiocarbonyl (C=S) groups is 1. The SMILES string of the molecule is C=C1C(=O)N(c2ccccc2)C(=S)S1(N)c1ccc(C(C)(C)C)cc1. The van der Waals surface area contributed by atoms with E-state index in [1.807, 2.05) is 42.5 Å². The number of rotatable bonds is 2. The Balaban J connectivity index is 2.05. The first kappa shape index (κ1) is 17.9. The normalized spacial score (nSPS) is 23.7. The van der Waals surface area contributed by atoms with Crippen LogP contribution in [0.1, 0.15) is 26.3 Å². The highest BCUT2D eigenvalue weighted by Gasteiger charge is 2.47. The minimum Gasteiger partial charge on any atom is -0.281 e. The second-order valence-electron chi connectivity index (χ2n) is 7.10. The van der Waals surface area contributed by atoms with Gasteiger partial charge in [-0.15, -0.1) is 0 Å². The summed E-state index contributed by atoms with van der Waals surface area (Å²) in [6.07, 6.45) is 0. The van der Waals surface area contributed by atoms with Crippen molar-refractivity contribution in [3.63, 3.8) is 0 Å². The number of amides is 1. The molecule has 1 heterocycles. The van der Waals surface area contributed by atoms with Crippen LogP contribution in [0, 0.1) is 0 Å². The topological polar surface area (TPSA) is 46.3 Å². The minimum absolute atomic E-state index is 0.0503. The van der Waals surface area contributed by atoms with E-state index in [0.29, 0.717) is 9.23 Å². The molecule has 0 radical (unpaired) electrons. The summed E-state index contributed by atoms with van der Waals surface area (Å²) in [6, 6.07) is 17.4. The molecule has 3 rings (SSSR count). The second-order valence-corrected chi connectivity index (χ2v) is 10.4. The Hall–Kier alpha value is -1.95. The van der Waals surface area contributed by atoms with E-state index in [1.165, 1.54) is 10.5 Å². The number of carbonyl (C=O) groups is 1. The summed E-state index contributed by atoms with van der Waals surface area (Å²) in [5.41, 5.74) is 1.99. The molecule has 0 saturated carbocycles. The van der Waals surface area contributed by atoms with Gasteiger partial charge in [-0.2, -0.15) is 0 Å². The van der Waals surface area contributed by atoms with Crippen molar-refractivity contribution in [2.24, 2.45) is 5.14 Å². The van der Waals surface area contributed by atoms with E-state index in [0.717, 1.165) is 10.6 Å². The molecule has 0 spiro atoms. The third-order valence-corrected chi connectivity index (χ3v) is 8.07. The van der Waals surface area contributed by atoms with Crippen molar-refractivity contribution in [1.82, 2.24) is 0 Å². The van der Waals surface area contributed by atoms with Crippen molar-refractivity contribution >= 4 is 38.3 Å². The number of carbonyl (C=O) groups excluding carboxylic acids is 1. The van der Waals surface area contributed by atoms with E-state index in [9.17, 15) is 4.79 Å². The Bertz CT molecular complexity index is 854. The summed E-state index contributed by atoms with van der Waals surface area (Å²) >= 11 is 5.66. The lowest BCUT2D eigenvalue weighted by atomic mass is 9.87. The third kappa shape index (κ3) is 2.82.